The summed E-state index contributed by atoms with van der Waals surface area (Å²) in [4.78, 5) is 47.9. The van der Waals surface area contributed by atoms with E-state index in [0.717, 1.165) is 42.8 Å². The molecule has 13 N–H and O–H groups in total. The number of nitrogen functional groups attached to an aromatic ring is 1. The molecule has 7 unspecified atom stereocenters. The van der Waals surface area contributed by atoms with Gasteiger partial charge in [-0.1, -0.05) is 71.9 Å². The number of hydrogen-bond donors (Lipinski definition) is 8. The predicted molar refractivity (Wildman–Crippen MR) is 404 cm³/mol. The molecule has 7 aromatic rings. The number of non-ortho nitro benzene ring substituents is 1. The van der Waals surface area contributed by atoms with Crippen LogP contribution >= 0.6 is 0 Å². The summed E-state index contributed by atoms with van der Waals surface area (Å²) in [6.07, 6.45) is 1.95. The van der Waals surface area contributed by atoms with Crippen molar-refractivity contribution in [3.05, 3.63) is 246 Å². The number of amidine groups is 4. The van der Waals surface area contributed by atoms with Gasteiger partial charge in [-0.15, -0.1) is 0 Å². The molecular weight excluding hydrogens is 1690 g/mol. The molecule has 23 nitrogen and oxygen atoms in total. The molecule has 20 atom stereocenters. The third kappa shape index (κ3) is 16.7. The van der Waals surface area contributed by atoms with Crippen molar-refractivity contribution < 1.29 is 127 Å². The second-order valence-corrected chi connectivity index (χ2v) is 31.6. The van der Waals surface area contributed by atoms with Gasteiger partial charge in [-0.3, -0.25) is 25.1 Å². The summed E-state index contributed by atoms with van der Waals surface area (Å²) in [6, 6.07) is 25.3. The lowest BCUT2D eigenvalue weighted by Gasteiger charge is -2.32. The molecule has 662 valence electrons. The number of alkyl halides is 7. The van der Waals surface area contributed by atoms with Gasteiger partial charge in [0.05, 0.1) is 34.4 Å². The standard InChI is InChI=1S/C19H15F3N2O2.C12H10F3N3O3.C12H12F3N3O.C12H11F3N2O.C11H10F3NO.C11H12F3NO.C5H6FNO/c20-10-19(12-7-4-8-14(21)16(12)22)13-9-15(13)26-18(24-19)23-17(25)11-5-2-1-3-6-11;13-4-12(6-3-9(6)21-11(16)17-12)7-1-5(18(19)20)2-8(14)10(7)15;13-4-12(6-3-9(6)19-11(17)18-12)7-1-5(16)2-8(14)10(7)15;13-5-12(6-2-1-3-8(14)10(6)15)7-4-9(7)18-11(16)17-12;12-5-11(7-4-9(7)16-15-11)6-2-1-3-8(13)10(6)14;12-5-11(15,7-4-9(7)16)6-2-1-3-8(13)10(6)14;6-2-4-3-1-5(3)8-7-4/h1-8,13,15H,9-10H2,(H,23,24,25);1-2,6,9H,3-4H2,(H2,16,17);1-2,6,9H,3-4,16H2,(H2,17,18);1-3,7,9H,4-5H2,(H2,16,17);1-3,7,9,15H,4-5H2;1-3,7,9,16H,4-5,15H2;3,5H,1-2H2/t13-,15?,19+;2*6-,9?,12-;7-,9?,12+;7-,9+,11+;7-,9?,11+;/m000000./s1. The van der Waals surface area contributed by atoms with Crippen molar-refractivity contribution in [1.82, 2.24) is 10.8 Å². The topological polar surface area (TPSA) is 352 Å². The third-order valence-electron chi connectivity index (χ3n) is 23.9. The van der Waals surface area contributed by atoms with E-state index in [0.29, 0.717) is 61.8 Å². The van der Waals surface area contributed by atoms with Crippen LogP contribution in [-0.2, 0) is 61.9 Å². The Bertz CT molecular complexity index is 5430. The average Bonchev–Trinajstić information content (AvgIpc) is 1.58. The number of amides is 1. The summed E-state index contributed by atoms with van der Waals surface area (Å²) in [7, 11) is 0. The SMILES string of the molecule is FCC1=NOC2CC12.FC[C@]1(c2cccc(F)c2F)NO[C@@H]2C[C@@H]21.NC1=N[C@](CF)(c2cc(N)cc(F)c2F)[C@H]2CC2O1.NC1=N[C@](CF)(c2cc([N+](=O)[O-])cc(F)c2F)[C@H]2CC2O1.NC1=N[C@](CF)(c2cccc(F)c2F)[C@H]2CC2O1.N[C@](CF)(c1cccc(F)c1F)[C@H]1CC1O.O=C(NC1=N[C@](CF)(c2cccc(F)c2F)[C@H]2CC2O1)c1ccccc1. The van der Waals surface area contributed by atoms with E-state index in [-0.39, 0.29) is 99.8 Å². The highest BCUT2D eigenvalue weighted by molar-refractivity contribution is 6.04. The molecule has 0 spiro atoms. The average molecular weight is 1760 g/mol. The molecule has 1 amide bonds. The number of aliphatic hydroxyl groups excluding tert-OH is 1. The van der Waals surface area contributed by atoms with Gasteiger partial charge in [0.15, 0.2) is 69.8 Å². The molecule has 0 aromatic heterocycles. The first kappa shape index (κ1) is 88.8. The number of nitro groups is 1. The number of carbonyl (C=O) groups is 1. The Morgan fingerprint density at radius 1 is 0.484 bits per heavy atom. The Morgan fingerprint density at radius 3 is 1.32 bits per heavy atom. The molecule has 0 bridgehead atoms. The van der Waals surface area contributed by atoms with Gasteiger partial charge < -0.3 is 57.6 Å². The molecule has 13 aliphatic rings. The van der Waals surface area contributed by atoms with Crippen LogP contribution in [0, 0.1) is 121 Å². The highest BCUT2D eigenvalue weighted by atomic mass is 19.2. The Hall–Kier alpha value is -11.5. The number of nitrogens with zero attached hydrogens (tertiary/aromatic N) is 6. The maximum atomic E-state index is 14.3. The molecule has 7 aliphatic carbocycles. The van der Waals surface area contributed by atoms with Gasteiger partial charge in [0.1, 0.15) is 105 Å². The Balaban J connectivity index is 0.000000120. The van der Waals surface area contributed by atoms with Crippen molar-refractivity contribution in [2.24, 2.45) is 89.5 Å². The van der Waals surface area contributed by atoms with Crippen LogP contribution in [0.25, 0.3) is 0 Å². The fourth-order valence-corrected chi connectivity index (χ4v) is 16.6. The summed E-state index contributed by atoms with van der Waals surface area (Å²) in [5, 5.41) is 26.1. The van der Waals surface area contributed by atoms with E-state index >= 15 is 0 Å². The largest absolute Gasteiger partial charge is 0.462 e. The van der Waals surface area contributed by atoms with Crippen LogP contribution < -0.4 is 39.5 Å². The highest BCUT2D eigenvalue weighted by Gasteiger charge is 2.66. The first-order valence-electron chi connectivity index (χ1n) is 38.5. The molecule has 8 fully saturated rings. The number of nitrogens with one attached hydrogen (secondary N) is 2. The van der Waals surface area contributed by atoms with Crippen molar-refractivity contribution in [3.63, 3.8) is 0 Å². The minimum absolute atomic E-state index is 0.0131. The smallest absolute Gasteiger partial charge is 0.292 e. The number of oxime groups is 1. The predicted octanol–water partition coefficient (Wildman–Crippen LogP) is 12.7. The van der Waals surface area contributed by atoms with Gasteiger partial charge in [-0.25, -0.2) is 103 Å². The highest BCUT2D eigenvalue weighted by Crippen LogP contribution is 2.59. The van der Waals surface area contributed by atoms with Gasteiger partial charge in [0, 0.05) is 92.1 Å². The van der Waals surface area contributed by atoms with Crippen LogP contribution in [0.2, 0.25) is 0 Å². The fourth-order valence-electron chi connectivity index (χ4n) is 16.6. The number of benzene rings is 7. The summed E-state index contributed by atoms with van der Waals surface area (Å²) in [5.41, 5.74) is 20.1. The number of aliphatic imine (C=N–C) groups is 4. The van der Waals surface area contributed by atoms with Crippen molar-refractivity contribution >= 4 is 47.1 Å². The lowest BCUT2D eigenvalue weighted by molar-refractivity contribution is -0.385. The zero-order chi connectivity index (χ0) is 89.2. The van der Waals surface area contributed by atoms with Gasteiger partial charge in [-0.2, -0.15) is 5.48 Å². The van der Waals surface area contributed by atoms with Crippen LogP contribution in [0.5, 0.6) is 0 Å². The van der Waals surface area contributed by atoms with Gasteiger partial charge in [-0.05, 0) is 93.5 Å². The first-order chi connectivity index (χ1) is 59.1. The minimum Gasteiger partial charge on any atom is -0.462 e. The molecule has 7 aromatic carbocycles. The number of aliphatic hydroxyl groups is 1. The van der Waals surface area contributed by atoms with Crippen LogP contribution in [0.3, 0.4) is 0 Å². The van der Waals surface area contributed by atoms with Crippen LogP contribution in [0.15, 0.2) is 153 Å². The second-order valence-electron chi connectivity index (χ2n) is 31.6. The van der Waals surface area contributed by atoms with E-state index in [1.807, 2.05) is 0 Å². The lowest BCUT2D eigenvalue weighted by Crippen LogP contribution is -2.43. The summed E-state index contributed by atoms with van der Waals surface area (Å²) >= 11 is 0. The number of carbonyl (C=O) groups excluding carboxylic acids is 1. The number of rotatable bonds is 16. The molecule has 124 heavy (non-hydrogen) atoms. The maximum absolute atomic E-state index is 14.3. The second kappa shape index (κ2) is 34.5. The monoisotopic (exact) mass is 1760 g/mol. The number of nitrogens with two attached hydrogens (primary N) is 5. The zero-order valence-corrected chi connectivity index (χ0v) is 64.5. The zero-order valence-electron chi connectivity index (χ0n) is 64.5. The Morgan fingerprint density at radius 2 is 0.911 bits per heavy atom. The molecule has 7 saturated carbocycles. The summed E-state index contributed by atoms with van der Waals surface area (Å²) in [6.45, 7) is -6.38. The van der Waals surface area contributed by atoms with E-state index in [2.05, 4.69) is 35.9 Å². The molecule has 0 radical (unpaired) electrons. The van der Waals surface area contributed by atoms with Gasteiger partial charge in [0.25, 0.3) is 35.7 Å². The molecule has 6 aliphatic heterocycles. The van der Waals surface area contributed by atoms with Crippen LogP contribution in [0.1, 0.15) is 88.7 Å². The number of nitro benzene ring substituents is 1. The summed E-state index contributed by atoms with van der Waals surface area (Å²) in [5.74, 6) is -15.8. The maximum Gasteiger partial charge on any atom is 0.292 e. The van der Waals surface area contributed by atoms with Gasteiger partial charge >= 0.3 is 0 Å². The fraction of sp³-hybridized carbons (Fsp3) is 0.415. The molecular formula is C82H76F19N13O10. The number of ether oxygens (including phenoxy) is 4. The normalized spacial score (nSPS) is 31.2. The van der Waals surface area contributed by atoms with E-state index in [1.165, 1.54) is 54.6 Å². The van der Waals surface area contributed by atoms with E-state index in [4.69, 9.17) is 57.3 Å². The van der Waals surface area contributed by atoms with Crippen molar-refractivity contribution in [2.45, 2.75) is 121 Å². The molecule has 20 rings (SSSR count). The number of anilines is 1. The number of hydroxylamine groups is 1. The minimum atomic E-state index is -1.77. The van der Waals surface area contributed by atoms with E-state index in [1.54, 1.807) is 30.3 Å². The van der Waals surface area contributed by atoms with Crippen LogP contribution in [0.4, 0.5) is 94.8 Å². The van der Waals surface area contributed by atoms with Crippen molar-refractivity contribution in [2.75, 3.05) is 52.5 Å². The van der Waals surface area contributed by atoms with E-state index in [9.17, 15) is 103 Å². The number of fused-ring (bicyclic) bond motifs is 6. The quantitative estimate of drug-likeness (QED) is 0.0193. The first-order valence-corrected chi connectivity index (χ1v) is 38.5. The van der Waals surface area contributed by atoms with Gasteiger partial charge in [0.2, 0.25) is 0 Å². The Labute approximate surface area is 691 Å². The molecule has 42 heteroatoms. The van der Waals surface area contributed by atoms with Crippen LogP contribution in [-0.4, -0.2) is 135 Å². The lowest BCUT2D eigenvalue weighted by atomic mass is 9.85. The van der Waals surface area contributed by atoms with Crippen molar-refractivity contribution in [3.8, 4) is 0 Å². The number of halogens is 19. The van der Waals surface area contributed by atoms with E-state index < -0.39 is 208 Å². The molecule has 1 saturated heterocycles. The Kier molecular flexibility index (Phi) is 24.7. The third-order valence-corrected chi connectivity index (χ3v) is 23.9. The number of hydrogen-bond acceptors (Lipinski definition) is 21. The summed E-state index contributed by atoms with van der Waals surface area (Å²) < 4.78 is 277. The molecule has 6 heterocycles. The van der Waals surface area contributed by atoms with Crippen molar-refractivity contribution in [1.29, 1.82) is 0 Å².